The van der Waals surface area contributed by atoms with Crippen LogP contribution in [-0.2, 0) is 17.9 Å². The fraction of sp³-hybridized carbons (Fsp3) is 0.333. The Morgan fingerprint density at radius 2 is 1.86 bits per heavy atom. The van der Waals surface area contributed by atoms with Gasteiger partial charge in [-0.3, -0.25) is 9.79 Å². The molecule has 0 spiro atoms. The van der Waals surface area contributed by atoms with Crippen molar-refractivity contribution in [2.45, 2.75) is 20.0 Å². The van der Waals surface area contributed by atoms with Gasteiger partial charge in [0.1, 0.15) is 0 Å². The second kappa shape index (κ2) is 9.64. The number of hydrogen-bond acceptors (Lipinski definition) is 4. The Kier molecular flexibility index (Phi) is 6.73. The Hall–Kier alpha value is -3.22. The molecule has 0 bridgehead atoms. The monoisotopic (exact) mass is 382 g/mol. The number of rotatable bonds is 7. The summed E-state index contributed by atoms with van der Waals surface area (Å²) < 4.78 is 10.7. The third-order valence-electron chi connectivity index (χ3n) is 4.48. The molecule has 28 heavy (non-hydrogen) atoms. The first-order valence-corrected chi connectivity index (χ1v) is 9.34. The minimum atomic E-state index is 0.0254. The summed E-state index contributed by atoms with van der Waals surface area (Å²) >= 11 is 0. The first kappa shape index (κ1) is 19.5. The van der Waals surface area contributed by atoms with E-state index >= 15 is 0 Å². The molecule has 1 amide bonds. The average Bonchev–Trinajstić information content (AvgIpc) is 3.20. The molecule has 2 aromatic carbocycles. The number of hydrogen-bond donors (Lipinski definition) is 2. The molecule has 0 saturated heterocycles. The van der Waals surface area contributed by atoms with Crippen LogP contribution in [0.4, 0.5) is 0 Å². The summed E-state index contributed by atoms with van der Waals surface area (Å²) in [7, 11) is 1.68. The predicted octanol–water partition coefficient (Wildman–Crippen LogP) is 2.13. The van der Waals surface area contributed by atoms with Crippen LogP contribution in [0.15, 0.2) is 53.5 Å². The van der Waals surface area contributed by atoms with Crippen molar-refractivity contribution >= 4 is 11.9 Å². The summed E-state index contributed by atoms with van der Waals surface area (Å²) in [5.41, 5.74) is 2.15. The summed E-state index contributed by atoms with van der Waals surface area (Å²) in [5.74, 6) is 2.10. The fourth-order valence-electron chi connectivity index (χ4n) is 2.91. The lowest BCUT2D eigenvalue weighted by molar-refractivity contribution is -0.130. The molecule has 3 rings (SSSR count). The van der Waals surface area contributed by atoms with Gasteiger partial charge in [-0.05, 0) is 30.2 Å². The zero-order valence-corrected chi connectivity index (χ0v) is 16.3. The van der Waals surface area contributed by atoms with Gasteiger partial charge >= 0.3 is 0 Å². The summed E-state index contributed by atoms with van der Waals surface area (Å²) in [4.78, 5) is 18.5. The molecular formula is C21H26N4O3. The number of carbonyl (C=O) groups excluding carboxylic acids is 1. The summed E-state index contributed by atoms with van der Waals surface area (Å²) in [6.07, 6.45) is 0. The van der Waals surface area contributed by atoms with Crippen LogP contribution in [0.3, 0.4) is 0 Å². The maximum absolute atomic E-state index is 12.6. The van der Waals surface area contributed by atoms with E-state index in [4.69, 9.17) is 9.47 Å². The zero-order valence-electron chi connectivity index (χ0n) is 16.3. The van der Waals surface area contributed by atoms with Gasteiger partial charge in [-0.15, -0.1) is 0 Å². The number of amides is 1. The summed E-state index contributed by atoms with van der Waals surface area (Å²) in [5, 5.41) is 6.29. The highest BCUT2D eigenvalue weighted by Crippen LogP contribution is 2.32. The highest BCUT2D eigenvalue weighted by atomic mass is 16.7. The molecule has 1 aliphatic rings. The second-order valence-corrected chi connectivity index (χ2v) is 6.36. The summed E-state index contributed by atoms with van der Waals surface area (Å²) in [6, 6.07) is 15.8. The Labute approximate surface area is 165 Å². The minimum absolute atomic E-state index is 0.0254. The first-order chi connectivity index (χ1) is 13.7. The van der Waals surface area contributed by atoms with Crippen molar-refractivity contribution in [3.63, 3.8) is 0 Å². The number of fused-ring (bicyclic) bond motifs is 1. The van der Waals surface area contributed by atoms with Gasteiger partial charge in [-0.25, -0.2) is 0 Å². The molecule has 0 aromatic heterocycles. The van der Waals surface area contributed by atoms with Gasteiger partial charge in [0.15, 0.2) is 17.5 Å². The fourth-order valence-corrected chi connectivity index (χ4v) is 2.91. The Morgan fingerprint density at radius 1 is 1.07 bits per heavy atom. The van der Waals surface area contributed by atoms with E-state index in [1.165, 1.54) is 0 Å². The zero-order chi connectivity index (χ0) is 19.8. The van der Waals surface area contributed by atoms with Gasteiger partial charge < -0.3 is 25.0 Å². The minimum Gasteiger partial charge on any atom is -0.454 e. The smallest absolute Gasteiger partial charge is 0.242 e. The van der Waals surface area contributed by atoms with Crippen LogP contribution in [-0.4, -0.2) is 43.7 Å². The van der Waals surface area contributed by atoms with E-state index in [1.54, 1.807) is 7.05 Å². The van der Waals surface area contributed by atoms with Gasteiger partial charge in [-0.1, -0.05) is 36.4 Å². The van der Waals surface area contributed by atoms with Crippen molar-refractivity contribution in [3.05, 3.63) is 59.7 Å². The third kappa shape index (κ3) is 5.16. The lowest BCUT2D eigenvalue weighted by Gasteiger charge is -2.22. The molecule has 0 radical (unpaired) electrons. The maximum atomic E-state index is 12.6. The van der Waals surface area contributed by atoms with Crippen LogP contribution in [0, 0.1) is 0 Å². The number of nitrogens with one attached hydrogen (secondary N) is 2. The quantitative estimate of drug-likeness (QED) is 0.567. The number of ether oxygens (including phenoxy) is 2. The maximum Gasteiger partial charge on any atom is 0.242 e. The van der Waals surface area contributed by atoms with Crippen molar-refractivity contribution in [1.82, 2.24) is 15.5 Å². The molecule has 7 heteroatoms. The number of aliphatic imine (C=N–C) groups is 1. The van der Waals surface area contributed by atoms with Crippen LogP contribution < -0.4 is 20.1 Å². The lowest BCUT2D eigenvalue weighted by Crippen LogP contribution is -2.44. The molecular weight excluding hydrogens is 356 g/mol. The normalized spacial score (nSPS) is 12.6. The van der Waals surface area contributed by atoms with E-state index in [0.717, 1.165) is 22.6 Å². The molecule has 1 aliphatic heterocycles. The average molecular weight is 382 g/mol. The molecule has 0 saturated carbocycles. The lowest BCUT2D eigenvalue weighted by atomic mass is 10.2. The molecule has 0 atom stereocenters. The van der Waals surface area contributed by atoms with Gasteiger partial charge in [0.2, 0.25) is 12.7 Å². The van der Waals surface area contributed by atoms with Crippen LogP contribution in [0.5, 0.6) is 11.5 Å². The van der Waals surface area contributed by atoms with Gasteiger partial charge in [0.05, 0.1) is 6.54 Å². The number of likely N-dealkylation sites (N-methyl/N-ethyl adjacent to an activating group) is 1. The van der Waals surface area contributed by atoms with Crippen LogP contribution >= 0.6 is 0 Å². The van der Waals surface area contributed by atoms with Crippen molar-refractivity contribution in [1.29, 1.82) is 0 Å². The molecule has 148 valence electrons. The highest BCUT2D eigenvalue weighted by Gasteiger charge is 2.14. The van der Waals surface area contributed by atoms with E-state index < -0.39 is 0 Å². The largest absolute Gasteiger partial charge is 0.454 e. The van der Waals surface area contributed by atoms with E-state index in [9.17, 15) is 4.79 Å². The van der Waals surface area contributed by atoms with Gasteiger partial charge in [0.25, 0.3) is 0 Å². The molecule has 0 unspecified atom stereocenters. The second-order valence-electron chi connectivity index (χ2n) is 6.36. The van der Waals surface area contributed by atoms with Crippen molar-refractivity contribution in [2.75, 3.05) is 26.9 Å². The topological polar surface area (TPSA) is 75.2 Å². The number of guanidine groups is 1. The Balaban J connectivity index is 1.48. The number of nitrogens with zero attached hydrogens (tertiary/aromatic N) is 2. The van der Waals surface area contributed by atoms with Crippen LogP contribution in [0.2, 0.25) is 0 Å². The van der Waals surface area contributed by atoms with Crippen molar-refractivity contribution in [3.8, 4) is 11.5 Å². The molecule has 2 N–H and O–H groups in total. The van der Waals surface area contributed by atoms with Crippen LogP contribution in [0.1, 0.15) is 18.1 Å². The van der Waals surface area contributed by atoms with E-state index in [2.05, 4.69) is 15.6 Å². The van der Waals surface area contributed by atoms with Crippen molar-refractivity contribution in [2.24, 2.45) is 4.99 Å². The number of carbonyl (C=O) groups is 1. The van der Waals surface area contributed by atoms with Crippen LogP contribution in [0.25, 0.3) is 0 Å². The first-order valence-electron chi connectivity index (χ1n) is 9.34. The highest BCUT2D eigenvalue weighted by molar-refractivity contribution is 5.86. The molecule has 1 heterocycles. The standard InChI is InChI=1S/C21H26N4O3/c1-3-25(14-16-7-5-4-6-8-16)20(26)13-24-21(22-2)23-12-17-9-10-18-19(11-17)28-15-27-18/h4-11H,3,12-15H2,1-2H3,(H2,22,23,24). The molecule has 2 aromatic rings. The van der Waals surface area contributed by atoms with E-state index in [-0.39, 0.29) is 19.2 Å². The SMILES string of the molecule is CCN(Cc1ccccc1)C(=O)CNC(=NC)NCc1ccc2c(c1)OCO2. The third-order valence-corrected chi connectivity index (χ3v) is 4.48. The molecule has 0 aliphatic carbocycles. The Bertz CT molecular complexity index is 824. The summed E-state index contributed by atoms with van der Waals surface area (Å²) in [6.45, 7) is 4.23. The van der Waals surface area contributed by atoms with Crippen molar-refractivity contribution < 1.29 is 14.3 Å². The Morgan fingerprint density at radius 3 is 2.61 bits per heavy atom. The number of benzene rings is 2. The van der Waals surface area contributed by atoms with E-state index in [0.29, 0.717) is 25.6 Å². The van der Waals surface area contributed by atoms with Gasteiger partial charge in [-0.2, -0.15) is 0 Å². The molecule has 0 fully saturated rings. The predicted molar refractivity (Wildman–Crippen MR) is 108 cm³/mol. The van der Waals surface area contributed by atoms with E-state index in [1.807, 2.05) is 60.4 Å². The molecule has 7 nitrogen and oxygen atoms in total. The van der Waals surface area contributed by atoms with Gasteiger partial charge in [0, 0.05) is 26.7 Å².